The van der Waals surface area contributed by atoms with Crippen LogP contribution in [0.5, 0.6) is 0 Å². The first-order valence-corrected chi connectivity index (χ1v) is 5.19. The molecule has 1 aliphatic rings. The van der Waals surface area contributed by atoms with Crippen molar-refractivity contribution >= 4 is 5.91 Å². The quantitative estimate of drug-likeness (QED) is 0.665. The Balaban J connectivity index is 2.33. The van der Waals surface area contributed by atoms with E-state index in [0.29, 0.717) is 6.04 Å². The van der Waals surface area contributed by atoms with Gasteiger partial charge in [-0.25, -0.2) is 0 Å². The molecule has 0 aliphatic heterocycles. The molecule has 0 bridgehead atoms. The highest BCUT2D eigenvalue weighted by molar-refractivity contribution is 5.87. The normalized spacial score (nSPS) is 28.1. The average Bonchev–Trinajstić information content (AvgIpc) is 2.18. The summed E-state index contributed by atoms with van der Waals surface area (Å²) in [5.74, 6) is 0.783. The van der Waals surface area contributed by atoms with Crippen LogP contribution in [-0.4, -0.2) is 11.9 Å². The van der Waals surface area contributed by atoms with Crippen LogP contribution < -0.4 is 5.32 Å². The van der Waals surface area contributed by atoms with Gasteiger partial charge in [0.25, 0.3) is 0 Å². The van der Waals surface area contributed by atoms with Crippen LogP contribution in [0.4, 0.5) is 0 Å². The third-order valence-electron chi connectivity index (χ3n) is 2.89. The second kappa shape index (κ2) is 5.05. The van der Waals surface area contributed by atoms with Gasteiger partial charge in [0.2, 0.25) is 5.91 Å². The summed E-state index contributed by atoms with van der Waals surface area (Å²) in [4.78, 5) is 11.0. The standard InChI is InChI=1S/C11H19NO/c1-3-9-6-5-7-10(8-9)12-11(13)4-2/h4,9-10H,2-3,5-8H2,1H3,(H,12,13). The monoisotopic (exact) mass is 181 g/mol. The van der Waals surface area contributed by atoms with E-state index in [4.69, 9.17) is 0 Å². The number of rotatable bonds is 3. The first-order valence-electron chi connectivity index (χ1n) is 5.19. The zero-order valence-electron chi connectivity index (χ0n) is 8.38. The molecule has 1 fully saturated rings. The Morgan fingerprint density at radius 2 is 2.38 bits per heavy atom. The van der Waals surface area contributed by atoms with E-state index in [2.05, 4.69) is 18.8 Å². The number of carbonyl (C=O) groups excluding carboxylic acids is 1. The molecular weight excluding hydrogens is 162 g/mol. The van der Waals surface area contributed by atoms with Crippen LogP contribution in [0.15, 0.2) is 12.7 Å². The number of hydrogen-bond donors (Lipinski definition) is 1. The highest BCUT2D eigenvalue weighted by atomic mass is 16.1. The number of hydrogen-bond acceptors (Lipinski definition) is 1. The summed E-state index contributed by atoms with van der Waals surface area (Å²) in [6.07, 6.45) is 7.46. The van der Waals surface area contributed by atoms with E-state index in [0.717, 1.165) is 18.8 Å². The molecule has 1 amide bonds. The van der Waals surface area contributed by atoms with Gasteiger partial charge in [-0.15, -0.1) is 0 Å². The van der Waals surface area contributed by atoms with Crippen molar-refractivity contribution in [1.29, 1.82) is 0 Å². The van der Waals surface area contributed by atoms with E-state index in [-0.39, 0.29) is 5.91 Å². The molecule has 0 radical (unpaired) electrons. The van der Waals surface area contributed by atoms with Gasteiger partial charge in [-0.2, -0.15) is 0 Å². The van der Waals surface area contributed by atoms with E-state index in [9.17, 15) is 4.79 Å². The van der Waals surface area contributed by atoms with Gasteiger partial charge in [-0.1, -0.05) is 32.8 Å². The minimum Gasteiger partial charge on any atom is -0.350 e. The lowest BCUT2D eigenvalue weighted by atomic mass is 9.84. The number of amides is 1. The molecule has 0 aromatic heterocycles. The molecule has 2 nitrogen and oxygen atoms in total. The van der Waals surface area contributed by atoms with Crippen LogP contribution in [0.1, 0.15) is 39.0 Å². The van der Waals surface area contributed by atoms with Crippen LogP contribution >= 0.6 is 0 Å². The van der Waals surface area contributed by atoms with Crippen molar-refractivity contribution in [2.75, 3.05) is 0 Å². The zero-order chi connectivity index (χ0) is 9.68. The molecule has 2 heteroatoms. The summed E-state index contributed by atoms with van der Waals surface area (Å²) in [7, 11) is 0. The van der Waals surface area contributed by atoms with Crippen molar-refractivity contribution in [1.82, 2.24) is 5.32 Å². The molecule has 0 spiro atoms. The lowest BCUT2D eigenvalue weighted by Crippen LogP contribution is -2.37. The highest BCUT2D eigenvalue weighted by Gasteiger charge is 2.20. The van der Waals surface area contributed by atoms with Crippen molar-refractivity contribution in [3.8, 4) is 0 Å². The van der Waals surface area contributed by atoms with Crippen LogP contribution in [0, 0.1) is 5.92 Å². The molecule has 2 atom stereocenters. The number of carbonyl (C=O) groups is 1. The van der Waals surface area contributed by atoms with Crippen molar-refractivity contribution in [2.24, 2.45) is 5.92 Å². The van der Waals surface area contributed by atoms with E-state index < -0.39 is 0 Å². The molecule has 13 heavy (non-hydrogen) atoms. The molecule has 0 heterocycles. The van der Waals surface area contributed by atoms with Gasteiger partial charge in [0.05, 0.1) is 0 Å². The molecule has 2 unspecified atom stereocenters. The second-order valence-electron chi connectivity index (χ2n) is 3.85. The number of nitrogens with one attached hydrogen (secondary N) is 1. The Kier molecular flexibility index (Phi) is 4.00. The zero-order valence-corrected chi connectivity index (χ0v) is 8.38. The molecule has 74 valence electrons. The topological polar surface area (TPSA) is 29.1 Å². The van der Waals surface area contributed by atoms with Crippen LogP contribution in [0.2, 0.25) is 0 Å². The van der Waals surface area contributed by atoms with E-state index in [1.54, 1.807) is 0 Å². The molecule has 1 rings (SSSR count). The van der Waals surface area contributed by atoms with Gasteiger partial charge in [0.15, 0.2) is 0 Å². The first kappa shape index (κ1) is 10.3. The maximum Gasteiger partial charge on any atom is 0.243 e. The van der Waals surface area contributed by atoms with E-state index in [1.165, 1.54) is 25.3 Å². The average molecular weight is 181 g/mol. The minimum absolute atomic E-state index is 0.0262. The van der Waals surface area contributed by atoms with Gasteiger partial charge < -0.3 is 5.32 Å². The maximum absolute atomic E-state index is 11.0. The summed E-state index contributed by atoms with van der Waals surface area (Å²) in [6, 6.07) is 0.393. The molecule has 1 aliphatic carbocycles. The fourth-order valence-corrected chi connectivity index (χ4v) is 2.05. The summed E-state index contributed by atoms with van der Waals surface area (Å²) in [5.41, 5.74) is 0. The minimum atomic E-state index is -0.0262. The molecule has 1 saturated carbocycles. The smallest absolute Gasteiger partial charge is 0.243 e. The summed E-state index contributed by atoms with van der Waals surface area (Å²) in [6.45, 7) is 5.68. The Labute approximate surface area is 80.4 Å². The van der Waals surface area contributed by atoms with Crippen LogP contribution in [0.3, 0.4) is 0 Å². The lowest BCUT2D eigenvalue weighted by Gasteiger charge is -2.28. The van der Waals surface area contributed by atoms with Gasteiger partial charge in [-0.05, 0) is 24.8 Å². The van der Waals surface area contributed by atoms with Gasteiger partial charge >= 0.3 is 0 Å². The highest BCUT2D eigenvalue weighted by Crippen LogP contribution is 2.26. The first-order chi connectivity index (χ1) is 6.26. The molecule has 0 aromatic carbocycles. The van der Waals surface area contributed by atoms with Crippen molar-refractivity contribution in [3.63, 3.8) is 0 Å². The predicted molar refractivity (Wildman–Crippen MR) is 54.4 cm³/mol. The fraction of sp³-hybridized carbons (Fsp3) is 0.727. The third-order valence-corrected chi connectivity index (χ3v) is 2.89. The van der Waals surface area contributed by atoms with Crippen LogP contribution in [-0.2, 0) is 4.79 Å². The lowest BCUT2D eigenvalue weighted by molar-refractivity contribution is -0.117. The SMILES string of the molecule is C=CC(=O)NC1CCCC(CC)C1. The van der Waals surface area contributed by atoms with Crippen molar-refractivity contribution in [3.05, 3.63) is 12.7 Å². The van der Waals surface area contributed by atoms with Crippen molar-refractivity contribution in [2.45, 2.75) is 45.1 Å². The largest absolute Gasteiger partial charge is 0.350 e. The summed E-state index contributed by atoms with van der Waals surface area (Å²) in [5, 5.41) is 2.98. The third kappa shape index (κ3) is 3.21. The van der Waals surface area contributed by atoms with Gasteiger partial charge in [0, 0.05) is 6.04 Å². The molecule has 1 N–H and O–H groups in total. The molecule has 0 aromatic rings. The van der Waals surface area contributed by atoms with Gasteiger partial charge in [0.1, 0.15) is 0 Å². The van der Waals surface area contributed by atoms with Gasteiger partial charge in [-0.3, -0.25) is 4.79 Å². The second-order valence-corrected chi connectivity index (χ2v) is 3.85. The summed E-state index contributed by atoms with van der Waals surface area (Å²) < 4.78 is 0. The fourth-order valence-electron chi connectivity index (χ4n) is 2.05. The van der Waals surface area contributed by atoms with Crippen LogP contribution in [0.25, 0.3) is 0 Å². The Bertz CT molecular complexity index is 189. The van der Waals surface area contributed by atoms with Crippen molar-refractivity contribution < 1.29 is 4.79 Å². The maximum atomic E-state index is 11.0. The predicted octanol–water partition coefficient (Wildman–Crippen LogP) is 2.26. The molecule has 0 saturated heterocycles. The van der Waals surface area contributed by atoms with E-state index in [1.807, 2.05) is 0 Å². The Morgan fingerprint density at radius 3 is 3.00 bits per heavy atom. The van der Waals surface area contributed by atoms with E-state index >= 15 is 0 Å². The Morgan fingerprint density at radius 1 is 1.62 bits per heavy atom. The Hall–Kier alpha value is -0.790. The molecular formula is C11H19NO. The summed E-state index contributed by atoms with van der Waals surface area (Å²) >= 11 is 0.